The fourth-order valence-electron chi connectivity index (χ4n) is 2.29. The van der Waals surface area contributed by atoms with Crippen LogP contribution in [0.2, 0.25) is 0 Å². The van der Waals surface area contributed by atoms with Crippen LogP contribution < -0.4 is 20.3 Å². The van der Waals surface area contributed by atoms with Gasteiger partial charge in [-0.05, 0) is 31.2 Å². The number of nitrogens with zero attached hydrogens (tertiary/aromatic N) is 1. The number of hydrogen-bond donors (Lipinski definition) is 3. The molecule has 7 nitrogen and oxygen atoms in total. The summed E-state index contributed by atoms with van der Waals surface area (Å²) >= 11 is 0. The number of rotatable bonds is 5. The van der Waals surface area contributed by atoms with Gasteiger partial charge in [0.1, 0.15) is 5.75 Å². The van der Waals surface area contributed by atoms with Gasteiger partial charge < -0.3 is 25.4 Å². The van der Waals surface area contributed by atoms with Gasteiger partial charge in [0.2, 0.25) is 5.91 Å². The molecule has 1 aliphatic rings. The Morgan fingerprint density at radius 2 is 2.14 bits per heavy atom. The lowest BCUT2D eigenvalue weighted by molar-refractivity contribution is -0.117. The van der Waals surface area contributed by atoms with Gasteiger partial charge in [-0.2, -0.15) is 0 Å². The second kappa shape index (κ2) is 7.13. The van der Waals surface area contributed by atoms with Crippen molar-refractivity contribution in [3.05, 3.63) is 24.3 Å². The van der Waals surface area contributed by atoms with Gasteiger partial charge in [-0.25, -0.2) is 4.79 Å². The third-order valence-electron chi connectivity index (χ3n) is 3.40. The first kappa shape index (κ1) is 16.1. The molecule has 3 N–H and O–H groups in total. The van der Waals surface area contributed by atoms with Crippen LogP contribution in [-0.2, 0) is 4.79 Å². The number of ether oxygens (including phenoxy) is 1. The molecule has 0 unspecified atom stereocenters. The maximum Gasteiger partial charge on any atom is 0.315 e. The van der Waals surface area contributed by atoms with Crippen LogP contribution in [-0.4, -0.2) is 49.4 Å². The molecule has 1 aliphatic heterocycles. The number of carbonyl (C=O) groups is 2. The van der Waals surface area contributed by atoms with Gasteiger partial charge in [0.15, 0.2) is 0 Å². The molecule has 1 aromatic carbocycles. The number of carbonyl (C=O) groups excluding carboxylic acids is 2. The van der Waals surface area contributed by atoms with E-state index in [1.54, 1.807) is 31.1 Å². The van der Waals surface area contributed by atoms with Crippen LogP contribution in [0.25, 0.3) is 0 Å². The molecule has 7 heteroatoms. The van der Waals surface area contributed by atoms with E-state index in [0.29, 0.717) is 6.54 Å². The van der Waals surface area contributed by atoms with Gasteiger partial charge in [-0.3, -0.25) is 4.79 Å². The predicted octanol–water partition coefficient (Wildman–Crippen LogP) is 0.480. The Hall–Kier alpha value is -2.28. The summed E-state index contributed by atoms with van der Waals surface area (Å²) in [5.41, 5.74) is 0.777. The molecular formula is C15H21N3O4. The highest BCUT2D eigenvalue weighted by molar-refractivity contribution is 5.96. The van der Waals surface area contributed by atoms with Crippen molar-refractivity contribution in [3.63, 3.8) is 0 Å². The Balaban J connectivity index is 1.91. The number of aliphatic hydroxyl groups excluding tert-OH is 1. The van der Waals surface area contributed by atoms with E-state index in [0.717, 1.165) is 11.4 Å². The molecule has 1 aromatic rings. The minimum atomic E-state index is -0.605. The van der Waals surface area contributed by atoms with Crippen LogP contribution in [0.3, 0.4) is 0 Å². The molecule has 1 saturated heterocycles. The van der Waals surface area contributed by atoms with Crippen molar-refractivity contribution in [1.29, 1.82) is 0 Å². The van der Waals surface area contributed by atoms with Crippen LogP contribution in [0.5, 0.6) is 5.75 Å². The molecule has 1 fully saturated rings. The molecule has 0 aromatic heterocycles. The first-order chi connectivity index (χ1) is 10.5. The quantitative estimate of drug-likeness (QED) is 0.738. The third-order valence-corrected chi connectivity index (χ3v) is 3.40. The fourth-order valence-corrected chi connectivity index (χ4v) is 2.29. The van der Waals surface area contributed by atoms with Crippen LogP contribution in [0.4, 0.5) is 10.5 Å². The predicted molar refractivity (Wildman–Crippen MR) is 82.0 cm³/mol. The third kappa shape index (κ3) is 4.11. The zero-order chi connectivity index (χ0) is 16.1. The number of nitrogens with one attached hydrogen (secondary N) is 2. The molecule has 1 heterocycles. The van der Waals surface area contributed by atoms with Gasteiger partial charge in [0.05, 0.1) is 19.3 Å². The van der Waals surface area contributed by atoms with Crippen molar-refractivity contribution >= 4 is 17.6 Å². The average Bonchev–Trinajstić information content (AvgIpc) is 2.85. The van der Waals surface area contributed by atoms with Gasteiger partial charge in [-0.1, -0.05) is 0 Å². The van der Waals surface area contributed by atoms with Crippen molar-refractivity contribution in [3.8, 4) is 5.75 Å². The number of methoxy groups -OCH3 is 1. The second-order valence-corrected chi connectivity index (χ2v) is 5.31. The number of anilines is 1. The summed E-state index contributed by atoms with van der Waals surface area (Å²) in [4.78, 5) is 25.4. The lowest BCUT2D eigenvalue weighted by Crippen LogP contribution is -2.45. The normalized spacial score (nSPS) is 19.0. The molecular weight excluding hydrogens is 286 g/mol. The van der Waals surface area contributed by atoms with Crippen molar-refractivity contribution in [2.45, 2.75) is 25.5 Å². The molecule has 0 bridgehead atoms. The Morgan fingerprint density at radius 3 is 2.73 bits per heavy atom. The van der Waals surface area contributed by atoms with E-state index in [4.69, 9.17) is 9.84 Å². The zero-order valence-corrected chi connectivity index (χ0v) is 12.7. The summed E-state index contributed by atoms with van der Waals surface area (Å²) in [5, 5.41) is 14.4. The first-order valence-corrected chi connectivity index (χ1v) is 7.16. The van der Waals surface area contributed by atoms with Crippen LogP contribution in [0, 0.1) is 0 Å². The van der Waals surface area contributed by atoms with E-state index < -0.39 is 6.10 Å². The monoisotopic (exact) mass is 307 g/mol. The number of benzene rings is 1. The number of aliphatic hydroxyl groups is 1. The van der Waals surface area contributed by atoms with Crippen molar-refractivity contribution in [2.75, 3.05) is 25.1 Å². The number of urea groups is 1. The topological polar surface area (TPSA) is 90.9 Å². The lowest BCUT2D eigenvalue weighted by atomic mass is 10.2. The van der Waals surface area contributed by atoms with Gasteiger partial charge >= 0.3 is 6.03 Å². The highest BCUT2D eigenvalue weighted by Crippen LogP contribution is 2.24. The van der Waals surface area contributed by atoms with Crippen molar-refractivity contribution in [1.82, 2.24) is 10.6 Å². The van der Waals surface area contributed by atoms with E-state index in [-0.39, 0.29) is 30.9 Å². The molecule has 22 heavy (non-hydrogen) atoms. The van der Waals surface area contributed by atoms with Crippen molar-refractivity contribution in [2.24, 2.45) is 0 Å². The highest BCUT2D eigenvalue weighted by Gasteiger charge is 2.31. The van der Waals surface area contributed by atoms with Crippen LogP contribution >= 0.6 is 0 Å². The minimum Gasteiger partial charge on any atom is -0.497 e. The van der Waals surface area contributed by atoms with E-state index in [9.17, 15) is 9.59 Å². The smallest absolute Gasteiger partial charge is 0.315 e. The van der Waals surface area contributed by atoms with Crippen molar-refractivity contribution < 1.29 is 19.4 Å². The highest BCUT2D eigenvalue weighted by atomic mass is 16.5. The zero-order valence-electron chi connectivity index (χ0n) is 12.7. The van der Waals surface area contributed by atoms with Crippen LogP contribution in [0.15, 0.2) is 24.3 Å². The van der Waals surface area contributed by atoms with E-state index >= 15 is 0 Å². The molecule has 0 spiro atoms. The van der Waals surface area contributed by atoms with E-state index in [1.165, 1.54) is 0 Å². The average molecular weight is 307 g/mol. The minimum absolute atomic E-state index is 0.0361. The number of amides is 3. The molecule has 0 aliphatic carbocycles. The Labute approximate surface area is 129 Å². The molecule has 120 valence electrons. The maximum absolute atomic E-state index is 12.1. The Bertz CT molecular complexity index is 530. The molecule has 0 radical (unpaired) electrons. The summed E-state index contributed by atoms with van der Waals surface area (Å²) in [5.74, 6) is 0.688. The summed E-state index contributed by atoms with van der Waals surface area (Å²) < 4.78 is 5.09. The largest absolute Gasteiger partial charge is 0.497 e. The maximum atomic E-state index is 12.1. The Kier molecular flexibility index (Phi) is 5.21. The van der Waals surface area contributed by atoms with Crippen LogP contribution in [0.1, 0.15) is 13.3 Å². The molecule has 2 rings (SSSR count). The molecule has 2 atom stereocenters. The molecule has 0 saturated carbocycles. The number of hydrogen-bond acceptors (Lipinski definition) is 4. The van der Waals surface area contributed by atoms with E-state index in [1.807, 2.05) is 12.1 Å². The lowest BCUT2D eigenvalue weighted by Gasteiger charge is -2.18. The summed E-state index contributed by atoms with van der Waals surface area (Å²) in [6.45, 7) is 2.19. The molecule has 3 amide bonds. The Morgan fingerprint density at radius 1 is 1.45 bits per heavy atom. The standard InChI is InChI=1S/C15H21N3O4/c1-10(19)8-16-15(21)17-11-7-14(20)18(9-11)12-3-5-13(22-2)6-4-12/h3-6,10-11,19H,7-9H2,1-2H3,(H2,16,17,21)/t10-,11-/m0/s1. The summed E-state index contributed by atoms with van der Waals surface area (Å²) in [6, 6.07) is 6.58. The fraction of sp³-hybridized carbons (Fsp3) is 0.467. The SMILES string of the molecule is COc1ccc(N2C[C@@H](NC(=O)NC[C@H](C)O)CC2=O)cc1. The summed E-state index contributed by atoms with van der Waals surface area (Å²) in [7, 11) is 1.59. The van der Waals surface area contributed by atoms with Gasteiger partial charge in [-0.15, -0.1) is 0 Å². The van der Waals surface area contributed by atoms with Gasteiger partial charge in [0.25, 0.3) is 0 Å². The summed E-state index contributed by atoms with van der Waals surface area (Å²) in [6.07, 6.45) is -0.347. The second-order valence-electron chi connectivity index (χ2n) is 5.31. The van der Waals surface area contributed by atoms with Gasteiger partial charge in [0, 0.05) is 25.2 Å². The first-order valence-electron chi connectivity index (χ1n) is 7.16. The van der Waals surface area contributed by atoms with E-state index in [2.05, 4.69) is 10.6 Å².